The molecule has 0 amide bonds. The monoisotopic (exact) mass is 178 g/mol. The van der Waals surface area contributed by atoms with Gasteiger partial charge < -0.3 is 15.8 Å². The van der Waals surface area contributed by atoms with E-state index in [2.05, 4.69) is 20.8 Å². The van der Waals surface area contributed by atoms with E-state index >= 15 is 0 Å². The van der Waals surface area contributed by atoms with Gasteiger partial charge in [-0.1, -0.05) is 5.16 Å². The molecule has 0 saturated carbocycles. The minimum Gasteiger partial charge on any atom is -0.411 e. The number of pyridine rings is 1. The first-order valence-electron chi connectivity index (χ1n) is 4.01. The largest absolute Gasteiger partial charge is 0.411 e. The van der Waals surface area contributed by atoms with Gasteiger partial charge in [0.1, 0.15) is 0 Å². The van der Waals surface area contributed by atoms with Crippen LogP contribution in [0.15, 0.2) is 17.4 Å². The molecule has 1 aromatic rings. The normalized spacial score (nSPS) is 19.6. The second-order valence-corrected chi connectivity index (χ2v) is 2.88. The predicted octanol–water partition coefficient (Wildman–Crippen LogP) is 1.07. The summed E-state index contributed by atoms with van der Waals surface area (Å²) in [6.45, 7) is 1.99. The highest BCUT2D eigenvalue weighted by atomic mass is 16.4. The molecule has 2 rings (SSSR count). The van der Waals surface area contributed by atoms with Crippen LogP contribution in [0, 0.1) is 0 Å². The number of aromatic nitrogens is 1. The fraction of sp³-hybridized carbons (Fsp3) is 0.250. The van der Waals surface area contributed by atoms with Crippen LogP contribution in [0.25, 0.3) is 0 Å². The summed E-state index contributed by atoms with van der Waals surface area (Å²) in [5, 5.41) is 17.7. The highest BCUT2D eigenvalue weighted by Crippen LogP contribution is 2.28. The van der Waals surface area contributed by atoms with Crippen molar-refractivity contribution in [3.63, 3.8) is 0 Å². The zero-order valence-corrected chi connectivity index (χ0v) is 7.15. The van der Waals surface area contributed by atoms with Crippen LogP contribution in [-0.4, -0.2) is 22.6 Å². The Morgan fingerprint density at radius 1 is 1.62 bits per heavy atom. The van der Waals surface area contributed by atoms with Gasteiger partial charge >= 0.3 is 0 Å². The third kappa shape index (κ3) is 1.28. The van der Waals surface area contributed by atoms with Gasteiger partial charge in [0.25, 0.3) is 0 Å². The molecule has 5 heteroatoms. The summed E-state index contributed by atoms with van der Waals surface area (Å²) >= 11 is 0. The summed E-state index contributed by atoms with van der Waals surface area (Å²) in [7, 11) is 0. The first kappa shape index (κ1) is 7.85. The van der Waals surface area contributed by atoms with E-state index in [9.17, 15) is 0 Å². The summed E-state index contributed by atoms with van der Waals surface area (Å²) in [5.74, 6) is 0.796. The third-order valence-corrected chi connectivity index (χ3v) is 1.89. The molecule has 13 heavy (non-hydrogen) atoms. The molecule has 0 aromatic carbocycles. The Labute approximate surface area is 75.5 Å². The molecule has 1 atom stereocenters. The van der Waals surface area contributed by atoms with Crippen LogP contribution in [0.2, 0.25) is 0 Å². The summed E-state index contributed by atoms with van der Waals surface area (Å²) in [4.78, 5) is 4.14. The van der Waals surface area contributed by atoms with Crippen LogP contribution >= 0.6 is 0 Å². The van der Waals surface area contributed by atoms with Gasteiger partial charge in [-0.25, -0.2) is 4.98 Å². The van der Waals surface area contributed by atoms with E-state index < -0.39 is 0 Å². The number of hydrogen-bond donors (Lipinski definition) is 3. The van der Waals surface area contributed by atoms with E-state index in [1.165, 1.54) is 6.21 Å². The fourth-order valence-corrected chi connectivity index (χ4v) is 1.37. The van der Waals surface area contributed by atoms with Gasteiger partial charge in [-0.2, -0.15) is 0 Å². The Bertz CT molecular complexity index is 350. The minimum atomic E-state index is 0.163. The Morgan fingerprint density at radius 3 is 3.23 bits per heavy atom. The van der Waals surface area contributed by atoms with Gasteiger partial charge in [0.2, 0.25) is 0 Å². The van der Waals surface area contributed by atoms with Crippen molar-refractivity contribution in [3.8, 4) is 0 Å². The van der Waals surface area contributed by atoms with Crippen LogP contribution in [0.3, 0.4) is 0 Å². The second-order valence-electron chi connectivity index (χ2n) is 2.88. The van der Waals surface area contributed by atoms with E-state index in [4.69, 9.17) is 5.21 Å². The summed E-state index contributed by atoms with van der Waals surface area (Å²) in [5.41, 5.74) is 1.71. The fourth-order valence-electron chi connectivity index (χ4n) is 1.37. The van der Waals surface area contributed by atoms with E-state index in [0.29, 0.717) is 0 Å². The zero-order chi connectivity index (χ0) is 9.26. The molecule has 0 radical (unpaired) electrons. The number of hydrogen-bond acceptors (Lipinski definition) is 5. The SMILES string of the molecule is CC1Nc2nccc(/C=N\O)c2N1. The van der Waals surface area contributed by atoms with Gasteiger partial charge in [-0.15, -0.1) is 0 Å². The molecule has 0 bridgehead atoms. The molecule has 1 aromatic heterocycles. The Balaban J connectivity index is 2.45. The van der Waals surface area contributed by atoms with Crippen molar-refractivity contribution in [2.45, 2.75) is 13.1 Å². The van der Waals surface area contributed by atoms with Crippen LogP contribution in [0.1, 0.15) is 12.5 Å². The van der Waals surface area contributed by atoms with Gasteiger partial charge in [0.05, 0.1) is 18.1 Å². The lowest BCUT2D eigenvalue weighted by molar-refractivity contribution is 0.322. The molecule has 1 aliphatic rings. The standard InChI is InChI=1S/C8H10N4O/c1-5-11-7-6(4-10-13)2-3-9-8(7)12-5/h2-5,11,13H,1H3,(H,9,12)/b10-4-. The number of anilines is 2. The lowest BCUT2D eigenvalue weighted by Crippen LogP contribution is -2.16. The highest BCUT2D eigenvalue weighted by molar-refractivity contribution is 5.92. The van der Waals surface area contributed by atoms with Crippen LogP contribution in [0.4, 0.5) is 11.5 Å². The van der Waals surface area contributed by atoms with Gasteiger partial charge in [-0.05, 0) is 13.0 Å². The number of nitrogens with zero attached hydrogens (tertiary/aromatic N) is 2. The lowest BCUT2D eigenvalue weighted by Gasteiger charge is -2.02. The summed E-state index contributed by atoms with van der Waals surface area (Å²) in [6, 6.07) is 1.78. The molecule has 1 unspecified atom stereocenters. The molecule has 0 aliphatic carbocycles. The summed E-state index contributed by atoms with van der Waals surface area (Å²) in [6.07, 6.45) is 3.21. The topological polar surface area (TPSA) is 69.5 Å². The first-order chi connectivity index (χ1) is 6.31. The van der Waals surface area contributed by atoms with Crippen molar-refractivity contribution in [1.82, 2.24) is 4.98 Å². The van der Waals surface area contributed by atoms with E-state index in [-0.39, 0.29) is 6.17 Å². The zero-order valence-electron chi connectivity index (χ0n) is 7.15. The smallest absolute Gasteiger partial charge is 0.151 e. The second kappa shape index (κ2) is 2.93. The lowest BCUT2D eigenvalue weighted by atomic mass is 10.2. The maximum atomic E-state index is 8.42. The number of rotatable bonds is 1. The maximum Gasteiger partial charge on any atom is 0.151 e. The van der Waals surface area contributed by atoms with Crippen molar-refractivity contribution in [3.05, 3.63) is 17.8 Å². The maximum absolute atomic E-state index is 8.42. The molecule has 68 valence electrons. The third-order valence-electron chi connectivity index (χ3n) is 1.89. The average molecular weight is 178 g/mol. The molecule has 2 heterocycles. The van der Waals surface area contributed by atoms with Gasteiger partial charge in [0.15, 0.2) is 5.82 Å². The molecule has 0 spiro atoms. The van der Waals surface area contributed by atoms with Crippen LogP contribution in [-0.2, 0) is 0 Å². The van der Waals surface area contributed by atoms with E-state index in [1.807, 2.05) is 6.92 Å². The van der Waals surface area contributed by atoms with E-state index in [0.717, 1.165) is 17.1 Å². The molecular formula is C8H10N4O. The molecular weight excluding hydrogens is 168 g/mol. The highest BCUT2D eigenvalue weighted by Gasteiger charge is 2.18. The number of oxime groups is 1. The summed E-state index contributed by atoms with van der Waals surface area (Å²) < 4.78 is 0. The molecule has 1 aliphatic heterocycles. The van der Waals surface area contributed by atoms with Gasteiger partial charge in [0, 0.05) is 11.8 Å². The molecule has 0 saturated heterocycles. The molecule has 5 nitrogen and oxygen atoms in total. The van der Waals surface area contributed by atoms with Gasteiger partial charge in [-0.3, -0.25) is 0 Å². The number of nitrogens with one attached hydrogen (secondary N) is 2. The Morgan fingerprint density at radius 2 is 2.46 bits per heavy atom. The molecule has 0 fully saturated rings. The Kier molecular flexibility index (Phi) is 1.77. The van der Waals surface area contributed by atoms with Crippen LogP contribution < -0.4 is 10.6 Å². The average Bonchev–Trinajstić information content (AvgIpc) is 2.47. The molecule has 3 N–H and O–H groups in total. The minimum absolute atomic E-state index is 0.163. The predicted molar refractivity (Wildman–Crippen MR) is 50.3 cm³/mol. The van der Waals surface area contributed by atoms with E-state index in [1.54, 1.807) is 12.3 Å². The van der Waals surface area contributed by atoms with Crippen molar-refractivity contribution < 1.29 is 5.21 Å². The van der Waals surface area contributed by atoms with Crippen molar-refractivity contribution in [1.29, 1.82) is 0 Å². The van der Waals surface area contributed by atoms with Crippen molar-refractivity contribution >= 4 is 17.7 Å². The quantitative estimate of drug-likeness (QED) is 0.342. The van der Waals surface area contributed by atoms with Crippen LogP contribution in [0.5, 0.6) is 0 Å². The Hall–Kier alpha value is -1.78. The van der Waals surface area contributed by atoms with Crippen molar-refractivity contribution in [2.24, 2.45) is 5.16 Å². The number of fused-ring (bicyclic) bond motifs is 1. The first-order valence-corrected chi connectivity index (χ1v) is 4.01. The van der Waals surface area contributed by atoms with Crippen molar-refractivity contribution in [2.75, 3.05) is 10.6 Å².